The lowest BCUT2D eigenvalue weighted by molar-refractivity contribution is -0.227. The highest BCUT2D eigenvalue weighted by Gasteiger charge is 2.55. The van der Waals surface area contributed by atoms with E-state index in [2.05, 4.69) is 0 Å². The molecule has 0 spiro atoms. The van der Waals surface area contributed by atoms with E-state index in [4.69, 9.17) is 19.3 Å². The van der Waals surface area contributed by atoms with E-state index in [-0.39, 0.29) is 0 Å². The zero-order chi connectivity index (χ0) is 11.2. The minimum Gasteiger partial charge on any atom is -0.394 e. The van der Waals surface area contributed by atoms with Crippen LogP contribution in [0.3, 0.4) is 0 Å². The van der Waals surface area contributed by atoms with Crippen molar-refractivity contribution in [3.63, 3.8) is 0 Å². The van der Waals surface area contributed by atoms with Crippen molar-refractivity contribution in [2.75, 3.05) is 6.61 Å². The van der Waals surface area contributed by atoms with Gasteiger partial charge in [0.1, 0.15) is 24.4 Å². The van der Waals surface area contributed by atoms with Crippen LogP contribution in [0.15, 0.2) is 0 Å². The maximum atomic E-state index is 9.79. The van der Waals surface area contributed by atoms with E-state index in [0.29, 0.717) is 0 Å². The van der Waals surface area contributed by atoms with Gasteiger partial charge >= 0.3 is 0 Å². The summed E-state index contributed by atoms with van der Waals surface area (Å²) in [5.41, 5.74) is 0. The molecule has 0 amide bonds. The summed E-state index contributed by atoms with van der Waals surface area (Å²) in [4.78, 5) is 0. The molecule has 2 aliphatic heterocycles. The molecule has 2 fully saturated rings. The largest absolute Gasteiger partial charge is 0.394 e. The molecule has 0 aromatic carbocycles. The maximum absolute atomic E-state index is 9.79. The fourth-order valence-corrected chi connectivity index (χ4v) is 1.94. The Balaban J connectivity index is 2.05. The highest BCUT2D eigenvalue weighted by atomic mass is 16.8. The van der Waals surface area contributed by atoms with E-state index >= 15 is 0 Å². The summed E-state index contributed by atoms with van der Waals surface area (Å²) in [7, 11) is 0. The Kier molecular flexibility index (Phi) is 2.74. The minimum atomic E-state index is -1.12. The number of ether oxygens (including phenoxy) is 3. The first-order valence-electron chi connectivity index (χ1n) is 4.93. The van der Waals surface area contributed by atoms with Crippen molar-refractivity contribution in [3.05, 3.63) is 0 Å². The van der Waals surface area contributed by atoms with Crippen LogP contribution in [0, 0.1) is 0 Å². The lowest BCUT2D eigenvalue weighted by Crippen LogP contribution is -2.42. The van der Waals surface area contributed by atoms with E-state index in [9.17, 15) is 10.2 Å². The molecule has 0 bridgehead atoms. The molecule has 88 valence electrons. The van der Waals surface area contributed by atoms with Crippen LogP contribution in [0.2, 0.25) is 0 Å². The molecule has 0 radical (unpaired) electrons. The van der Waals surface area contributed by atoms with E-state index < -0.39 is 43.1 Å². The Labute approximate surface area is 87.4 Å². The first kappa shape index (κ1) is 11.3. The minimum absolute atomic E-state index is 0.468. The van der Waals surface area contributed by atoms with Gasteiger partial charge in [0.25, 0.3) is 0 Å². The Bertz CT molecular complexity index is 243. The average Bonchev–Trinajstić information content (AvgIpc) is 2.60. The first-order valence-corrected chi connectivity index (χ1v) is 4.93. The summed E-state index contributed by atoms with van der Waals surface area (Å²) in [6, 6.07) is 0. The van der Waals surface area contributed by atoms with Gasteiger partial charge in [-0.05, 0) is 13.8 Å². The van der Waals surface area contributed by atoms with Crippen molar-refractivity contribution in [3.8, 4) is 0 Å². The summed E-state index contributed by atoms with van der Waals surface area (Å²) >= 11 is 0. The Morgan fingerprint density at radius 1 is 1.33 bits per heavy atom. The smallest absolute Gasteiger partial charge is 0.190 e. The molecule has 6 heteroatoms. The van der Waals surface area contributed by atoms with Gasteiger partial charge in [-0.25, -0.2) is 0 Å². The van der Waals surface area contributed by atoms with Crippen molar-refractivity contribution in [1.82, 2.24) is 0 Å². The van der Waals surface area contributed by atoms with Crippen molar-refractivity contribution in [1.29, 1.82) is 0 Å². The molecule has 6 nitrogen and oxygen atoms in total. The molecule has 2 aliphatic rings. The Hall–Kier alpha value is -0.240. The van der Waals surface area contributed by atoms with Crippen LogP contribution in [-0.2, 0) is 14.2 Å². The molecule has 5 atom stereocenters. The fourth-order valence-electron chi connectivity index (χ4n) is 1.94. The molecular weight excluding hydrogens is 204 g/mol. The molecule has 0 aliphatic carbocycles. The van der Waals surface area contributed by atoms with Crippen LogP contribution < -0.4 is 0 Å². The van der Waals surface area contributed by atoms with Crippen molar-refractivity contribution >= 4 is 0 Å². The zero-order valence-electron chi connectivity index (χ0n) is 8.66. The predicted molar refractivity (Wildman–Crippen MR) is 47.8 cm³/mol. The summed E-state index contributed by atoms with van der Waals surface area (Å²) in [6.45, 7) is 2.97. The molecule has 0 aromatic heterocycles. The van der Waals surface area contributed by atoms with Crippen LogP contribution in [0.5, 0.6) is 0 Å². The van der Waals surface area contributed by atoms with Crippen LogP contribution in [-0.4, -0.2) is 58.4 Å². The normalized spacial score (nSPS) is 45.4. The molecule has 2 heterocycles. The zero-order valence-corrected chi connectivity index (χ0v) is 8.66. The third kappa shape index (κ3) is 1.89. The van der Waals surface area contributed by atoms with Gasteiger partial charge in [-0.3, -0.25) is 0 Å². The molecule has 3 N–H and O–H groups in total. The second-order valence-corrected chi connectivity index (χ2v) is 4.31. The number of rotatable bonds is 2. The second-order valence-electron chi connectivity index (χ2n) is 4.31. The summed E-state index contributed by atoms with van der Waals surface area (Å²) in [5.74, 6) is -0.786. The van der Waals surface area contributed by atoms with Gasteiger partial charge in [0, 0.05) is 0 Å². The molecular formula is C9H16O6. The lowest BCUT2D eigenvalue weighted by atomic mass is 10.1. The third-order valence-corrected chi connectivity index (χ3v) is 2.62. The van der Waals surface area contributed by atoms with Gasteiger partial charge in [0.15, 0.2) is 12.1 Å². The monoisotopic (exact) mass is 220 g/mol. The lowest BCUT2D eigenvalue weighted by Gasteiger charge is -2.24. The highest BCUT2D eigenvalue weighted by Crippen LogP contribution is 2.38. The van der Waals surface area contributed by atoms with Gasteiger partial charge in [0.2, 0.25) is 0 Å². The molecule has 15 heavy (non-hydrogen) atoms. The van der Waals surface area contributed by atoms with Gasteiger partial charge in [0.05, 0.1) is 6.61 Å². The Morgan fingerprint density at radius 2 is 2.00 bits per heavy atom. The molecule has 2 saturated heterocycles. The number of aliphatic hydroxyl groups excluding tert-OH is 3. The molecule has 2 rings (SSSR count). The van der Waals surface area contributed by atoms with Crippen molar-refractivity contribution in [2.45, 2.75) is 50.3 Å². The summed E-state index contributed by atoms with van der Waals surface area (Å²) in [6.07, 6.45) is -4.26. The number of hydrogen-bond donors (Lipinski definition) is 3. The number of hydrogen-bond acceptors (Lipinski definition) is 6. The summed E-state index contributed by atoms with van der Waals surface area (Å²) < 4.78 is 16.1. The van der Waals surface area contributed by atoms with Gasteiger partial charge in [-0.1, -0.05) is 0 Å². The first-order chi connectivity index (χ1) is 6.94. The third-order valence-electron chi connectivity index (χ3n) is 2.62. The highest BCUT2D eigenvalue weighted by molar-refractivity contribution is 4.95. The second kappa shape index (κ2) is 3.65. The van der Waals surface area contributed by atoms with E-state index in [0.717, 1.165) is 0 Å². The fraction of sp³-hybridized carbons (Fsp3) is 1.00. The van der Waals surface area contributed by atoms with Gasteiger partial charge < -0.3 is 29.5 Å². The molecule has 0 saturated carbocycles. The van der Waals surface area contributed by atoms with Gasteiger partial charge in [-0.2, -0.15) is 0 Å². The summed E-state index contributed by atoms with van der Waals surface area (Å²) in [5, 5.41) is 27.9. The molecule has 0 unspecified atom stereocenters. The van der Waals surface area contributed by atoms with E-state index in [1.54, 1.807) is 13.8 Å². The SMILES string of the molecule is CC1(C)O[C@H]2O[C@@H]([C@H](O)CO)[C@@H](O)[C@H]2O1. The standard InChI is InChI=1S/C9H16O6/c1-9(2)14-7-5(12)6(4(11)3-10)13-8(7)15-9/h4-8,10-12H,3H2,1-2H3/t4-,5-,6+,7-,8-/m1/s1. The quantitative estimate of drug-likeness (QED) is 0.529. The number of aliphatic hydroxyl groups is 3. The topological polar surface area (TPSA) is 88.4 Å². The van der Waals surface area contributed by atoms with E-state index in [1.165, 1.54) is 0 Å². The van der Waals surface area contributed by atoms with E-state index in [1.807, 2.05) is 0 Å². The van der Waals surface area contributed by atoms with Crippen molar-refractivity contribution < 1.29 is 29.5 Å². The van der Waals surface area contributed by atoms with Gasteiger partial charge in [-0.15, -0.1) is 0 Å². The predicted octanol–water partition coefficient (Wildman–Crippen LogP) is -1.42. The van der Waals surface area contributed by atoms with Crippen LogP contribution >= 0.6 is 0 Å². The van der Waals surface area contributed by atoms with Crippen molar-refractivity contribution in [2.24, 2.45) is 0 Å². The molecule has 0 aromatic rings. The van der Waals surface area contributed by atoms with Crippen LogP contribution in [0.1, 0.15) is 13.8 Å². The maximum Gasteiger partial charge on any atom is 0.190 e. The average molecular weight is 220 g/mol. The number of fused-ring (bicyclic) bond motifs is 1. The van der Waals surface area contributed by atoms with Crippen LogP contribution in [0.25, 0.3) is 0 Å². The van der Waals surface area contributed by atoms with Crippen LogP contribution in [0.4, 0.5) is 0 Å². The Morgan fingerprint density at radius 3 is 2.53 bits per heavy atom.